The van der Waals surface area contributed by atoms with Gasteiger partial charge in [-0.05, 0) is 38.8 Å². The third-order valence-electron chi connectivity index (χ3n) is 3.25. The van der Waals surface area contributed by atoms with Gasteiger partial charge in [0.05, 0.1) is 10.9 Å². The van der Waals surface area contributed by atoms with Gasteiger partial charge in [0.1, 0.15) is 5.82 Å². The van der Waals surface area contributed by atoms with Crippen molar-refractivity contribution in [1.82, 2.24) is 9.97 Å². The van der Waals surface area contributed by atoms with E-state index >= 15 is 0 Å². The van der Waals surface area contributed by atoms with Crippen LogP contribution in [0, 0.1) is 0 Å². The van der Waals surface area contributed by atoms with Crippen molar-refractivity contribution in [3.8, 4) is 0 Å². The topological polar surface area (TPSA) is 45.8 Å². The number of rotatable bonds is 4. The Kier molecular flexibility index (Phi) is 4.15. The van der Waals surface area contributed by atoms with Gasteiger partial charge in [-0.25, -0.2) is 4.98 Å². The molecule has 0 amide bonds. The first kappa shape index (κ1) is 13.5. The van der Waals surface area contributed by atoms with Crippen LogP contribution in [-0.2, 0) is 0 Å². The fraction of sp³-hybridized carbons (Fsp3) is 0.375. The summed E-state index contributed by atoms with van der Waals surface area (Å²) in [5.74, 6) is 1.04. The normalized spacial score (nSPS) is 12.4. The maximum Gasteiger partial charge on any atom is 0.258 e. The van der Waals surface area contributed by atoms with Gasteiger partial charge in [-0.15, -0.1) is 0 Å². The summed E-state index contributed by atoms with van der Waals surface area (Å²) in [4.78, 5) is 19.4. The number of benzene rings is 1. The molecule has 0 saturated carbocycles. The Labute approximate surface area is 113 Å². The van der Waals surface area contributed by atoms with Crippen LogP contribution in [0.25, 0.3) is 10.9 Å². The van der Waals surface area contributed by atoms with Crippen LogP contribution in [0.15, 0.2) is 40.7 Å². The number of fused-ring (bicyclic) bond motifs is 1. The summed E-state index contributed by atoms with van der Waals surface area (Å²) in [6, 6.07) is 7.46. The molecule has 1 N–H and O–H groups in total. The van der Waals surface area contributed by atoms with Crippen LogP contribution in [0.3, 0.4) is 0 Å². The number of aromatic nitrogens is 2. The van der Waals surface area contributed by atoms with Crippen molar-refractivity contribution < 1.29 is 0 Å². The monoisotopic (exact) mass is 256 g/mol. The Balaban J connectivity index is 2.25. The van der Waals surface area contributed by atoms with Crippen molar-refractivity contribution in [2.45, 2.75) is 39.5 Å². The molecular formula is C16H20N2O. The average Bonchev–Trinajstić information content (AvgIpc) is 2.38. The molecule has 0 aliphatic heterocycles. The molecule has 1 atom stereocenters. The van der Waals surface area contributed by atoms with E-state index in [9.17, 15) is 4.79 Å². The second-order valence-corrected chi connectivity index (χ2v) is 5.23. The number of aromatic amines is 1. The molecule has 1 aromatic carbocycles. The quantitative estimate of drug-likeness (QED) is 0.846. The Hall–Kier alpha value is -1.90. The minimum Gasteiger partial charge on any atom is -0.310 e. The minimum absolute atomic E-state index is 0.0466. The molecule has 1 unspecified atom stereocenters. The summed E-state index contributed by atoms with van der Waals surface area (Å²) in [6.07, 6.45) is 4.22. The molecule has 0 aliphatic carbocycles. The molecule has 0 aliphatic rings. The van der Waals surface area contributed by atoms with Crippen molar-refractivity contribution in [1.29, 1.82) is 0 Å². The van der Waals surface area contributed by atoms with Crippen LogP contribution in [0.4, 0.5) is 0 Å². The minimum atomic E-state index is -0.0466. The van der Waals surface area contributed by atoms with E-state index in [0.29, 0.717) is 5.39 Å². The molecule has 100 valence electrons. The molecule has 3 nitrogen and oxygen atoms in total. The van der Waals surface area contributed by atoms with Gasteiger partial charge in [-0.1, -0.05) is 30.7 Å². The van der Waals surface area contributed by atoms with Crippen LogP contribution < -0.4 is 5.56 Å². The molecule has 3 heteroatoms. The summed E-state index contributed by atoms with van der Waals surface area (Å²) < 4.78 is 0. The van der Waals surface area contributed by atoms with Gasteiger partial charge < -0.3 is 4.98 Å². The fourth-order valence-electron chi connectivity index (χ4n) is 2.10. The Morgan fingerprint density at radius 2 is 2.11 bits per heavy atom. The molecule has 0 radical (unpaired) electrons. The van der Waals surface area contributed by atoms with E-state index in [2.05, 4.69) is 36.8 Å². The SMILES string of the molecule is CC(C)=CCCC(C)c1nc2ccccc2c(=O)[nH]1. The van der Waals surface area contributed by atoms with Crippen molar-refractivity contribution in [3.63, 3.8) is 0 Å². The van der Waals surface area contributed by atoms with Gasteiger partial charge >= 0.3 is 0 Å². The molecule has 0 fully saturated rings. The Morgan fingerprint density at radius 3 is 2.84 bits per heavy atom. The molecule has 0 bridgehead atoms. The van der Waals surface area contributed by atoms with Crippen LogP contribution >= 0.6 is 0 Å². The highest BCUT2D eigenvalue weighted by molar-refractivity contribution is 5.77. The number of hydrogen-bond donors (Lipinski definition) is 1. The summed E-state index contributed by atoms with van der Waals surface area (Å²) in [7, 11) is 0. The van der Waals surface area contributed by atoms with Gasteiger partial charge in [0.15, 0.2) is 0 Å². The first-order chi connectivity index (χ1) is 9.08. The number of allylic oxidation sites excluding steroid dienone is 2. The molecule has 1 heterocycles. The van der Waals surface area contributed by atoms with Crippen molar-refractivity contribution in [3.05, 3.63) is 52.1 Å². The molecule has 0 spiro atoms. The van der Waals surface area contributed by atoms with E-state index in [1.165, 1.54) is 5.57 Å². The van der Waals surface area contributed by atoms with Gasteiger partial charge in [0.2, 0.25) is 0 Å². The molecule has 1 aromatic heterocycles. The van der Waals surface area contributed by atoms with Gasteiger partial charge in [-0.2, -0.15) is 0 Å². The van der Waals surface area contributed by atoms with E-state index in [4.69, 9.17) is 0 Å². The van der Waals surface area contributed by atoms with Crippen LogP contribution in [0.1, 0.15) is 45.4 Å². The molecular weight excluding hydrogens is 236 g/mol. The highest BCUT2D eigenvalue weighted by Crippen LogP contribution is 2.18. The smallest absolute Gasteiger partial charge is 0.258 e. The first-order valence-corrected chi connectivity index (χ1v) is 6.70. The lowest BCUT2D eigenvalue weighted by Crippen LogP contribution is -2.13. The third-order valence-corrected chi connectivity index (χ3v) is 3.25. The predicted octanol–water partition coefficient (Wildman–Crippen LogP) is 3.77. The second kappa shape index (κ2) is 5.83. The number of H-pyrrole nitrogens is 1. The van der Waals surface area contributed by atoms with E-state index in [1.807, 2.05) is 18.2 Å². The number of nitrogens with one attached hydrogen (secondary N) is 1. The number of nitrogens with zero attached hydrogens (tertiary/aromatic N) is 1. The van der Waals surface area contributed by atoms with Gasteiger partial charge in [0, 0.05) is 5.92 Å². The Morgan fingerprint density at radius 1 is 1.37 bits per heavy atom. The zero-order valence-corrected chi connectivity index (χ0v) is 11.7. The summed E-state index contributed by atoms with van der Waals surface area (Å²) in [5, 5.41) is 0.655. The van der Waals surface area contributed by atoms with E-state index < -0.39 is 0 Å². The van der Waals surface area contributed by atoms with Crippen LogP contribution in [0.5, 0.6) is 0 Å². The van der Waals surface area contributed by atoms with E-state index in [1.54, 1.807) is 6.07 Å². The van der Waals surface area contributed by atoms with Crippen molar-refractivity contribution >= 4 is 10.9 Å². The molecule has 2 rings (SSSR count). The van der Waals surface area contributed by atoms with Crippen LogP contribution in [0.2, 0.25) is 0 Å². The Bertz CT molecular complexity index is 651. The maximum absolute atomic E-state index is 12.0. The second-order valence-electron chi connectivity index (χ2n) is 5.23. The zero-order valence-electron chi connectivity index (χ0n) is 11.7. The number of para-hydroxylation sites is 1. The lowest BCUT2D eigenvalue weighted by molar-refractivity contribution is 0.646. The highest BCUT2D eigenvalue weighted by atomic mass is 16.1. The molecule has 0 saturated heterocycles. The highest BCUT2D eigenvalue weighted by Gasteiger charge is 2.09. The van der Waals surface area contributed by atoms with Crippen LogP contribution in [-0.4, -0.2) is 9.97 Å². The maximum atomic E-state index is 12.0. The third kappa shape index (κ3) is 3.31. The van der Waals surface area contributed by atoms with Gasteiger partial charge in [-0.3, -0.25) is 4.79 Å². The first-order valence-electron chi connectivity index (χ1n) is 6.70. The van der Waals surface area contributed by atoms with E-state index in [0.717, 1.165) is 24.2 Å². The summed E-state index contributed by atoms with van der Waals surface area (Å²) in [6.45, 7) is 6.30. The fourth-order valence-corrected chi connectivity index (χ4v) is 2.10. The van der Waals surface area contributed by atoms with E-state index in [-0.39, 0.29) is 11.5 Å². The lowest BCUT2D eigenvalue weighted by Gasteiger charge is -2.10. The summed E-state index contributed by atoms with van der Waals surface area (Å²) in [5.41, 5.74) is 2.05. The number of hydrogen-bond acceptors (Lipinski definition) is 2. The molecule has 19 heavy (non-hydrogen) atoms. The molecule has 2 aromatic rings. The standard InChI is InChI=1S/C16H20N2O/c1-11(2)7-6-8-12(3)15-17-14-10-5-4-9-13(14)16(19)18-15/h4-5,7,9-10,12H,6,8H2,1-3H3,(H,17,18,19). The summed E-state index contributed by atoms with van der Waals surface area (Å²) >= 11 is 0. The van der Waals surface area contributed by atoms with Gasteiger partial charge in [0.25, 0.3) is 5.56 Å². The van der Waals surface area contributed by atoms with Crippen molar-refractivity contribution in [2.24, 2.45) is 0 Å². The predicted molar refractivity (Wildman–Crippen MR) is 79.4 cm³/mol. The average molecular weight is 256 g/mol. The largest absolute Gasteiger partial charge is 0.310 e. The van der Waals surface area contributed by atoms with Crippen molar-refractivity contribution in [2.75, 3.05) is 0 Å². The zero-order chi connectivity index (χ0) is 13.8. The lowest BCUT2D eigenvalue weighted by atomic mass is 10.0.